The van der Waals surface area contributed by atoms with E-state index in [0.717, 1.165) is 35.2 Å². The van der Waals surface area contributed by atoms with Gasteiger partial charge in [0.05, 0.1) is 23.3 Å². The van der Waals surface area contributed by atoms with E-state index in [1.807, 2.05) is 65.8 Å². The first kappa shape index (κ1) is 28.4. The van der Waals surface area contributed by atoms with Crippen molar-refractivity contribution in [3.63, 3.8) is 0 Å². The van der Waals surface area contributed by atoms with Crippen LogP contribution in [0.15, 0.2) is 83.8 Å². The van der Waals surface area contributed by atoms with Crippen LogP contribution in [0.4, 0.5) is 5.82 Å². The molecule has 0 spiro atoms. The molecule has 1 fully saturated rings. The lowest BCUT2D eigenvalue weighted by Crippen LogP contribution is -2.35. The topological polar surface area (TPSA) is 155 Å². The van der Waals surface area contributed by atoms with Gasteiger partial charge in [-0.25, -0.2) is 22.7 Å². The summed E-state index contributed by atoms with van der Waals surface area (Å²) in [4.78, 5) is 17.7. The van der Waals surface area contributed by atoms with Gasteiger partial charge in [-0.15, -0.1) is 0 Å². The molecule has 1 amide bonds. The molecule has 1 unspecified atom stereocenters. The number of carbonyl (C=O) groups is 1. The number of piperidine rings is 1. The van der Waals surface area contributed by atoms with E-state index in [-0.39, 0.29) is 17.3 Å². The highest BCUT2D eigenvalue weighted by atomic mass is 32.2. The molecule has 3 N–H and O–H groups in total. The number of hydrogen-bond donors (Lipinski definition) is 1. The van der Waals surface area contributed by atoms with Crippen molar-refractivity contribution in [1.82, 2.24) is 33.8 Å². The van der Waals surface area contributed by atoms with Crippen molar-refractivity contribution < 1.29 is 19.0 Å². The summed E-state index contributed by atoms with van der Waals surface area (Å²) in [5.74, 6) is 0.734. The lowest BCUT2D eigenvalue weighted by molar-refractivity contribution is 0.102. The normalized spacial score (nSPS) is 15.0. The molecule has 0 aliphatic carbocycles. The number of anilines is 1. The molecule has 6 aromatic rings. The maximum absolute atomic E-state index is 13.3. The zero-order chi connectivity index (χ0) is 28.6. The second-order valence-corrected chi connectivity index (χ2v) is 11.8. The first-order valence-electron chi connectivity index (χ1n) is 13.8. The fourth-order valence-electron chi connectivity index (χ4n) is 5.35. The first-order chi connectivity index (χ1) is 20.5. The number of rotatable bonds is 7. The van der Waals surface area contributed by atoms with Gasteiger partial charge in [0.15, 0.2) is 11.2 Å². The summed E-state index contributed by atoms with van der Waals surface area (Å²) in [6.45, 7) is 3.36. The van der Waals surface area contributed by atoms with Crippen LogP contribution in [0, 0.1) is 6.92 Å². The van der Waals surface area contributed by atoms with Gasteiger partial charge in [-0.05, 0) is 50.1 Å². The van der Waals surface area contributed by atoms with Gasteiger partial charge >= 0.3 is 0 Å². The van der Waals surface area contributed by atoms with E-state index in [0.29, 0.717) is 47.1 Å². The number of amides is 1. The van der Waals surface area contributed by atoms with E-state index in [2.05, 4.69) is 20.6 Å². The molecule has 13 heteroatoms. The molecule has 12 nitrogen and oxygen atoms in total. The van der Waals surface area contributed by atoms with Crippen molar-refractivity contribution in [2.45, 2.75) is 31.4 Å². The number of nitrogens with zero attached hydrogens (tertiary/aromatic N) is 7. The van der Waals surface area contributed by atoms with Crippen molar-refractivity contribution in [3.05, 3.63) is 102 Å². The summed E-state index contributed by atoms with van der Waals surface area (Å²) in [5, 5.41) is 17.3. The Hall–Kier alpha value is -4.72. The third-order valence-electron chi connectivity index (χ3n) is 7.64. The van der Waals surface area contributed by atoms with Gasteiger partial charge in [0, 0.05) is 42.9 Å². The van der Waals surface area contributed by atoms with Crippen molar-refractivity contribution in [2.75, 3.05) is 18.4 Å². The summed E-state index contributed by atoms with van der Waals surface area (Å²) in [6, 6.07) is 19.3. The Morgan fingerprint density at radius 3 is 2.70 bits per heavy atom. The molecule has 0 radical (unpaired) electrons. The third kappa shape index (κ3) is 5.57. The molecule has 1 saturated heterocycles. The van der Waals surface area contributed by atoms with E-state index in [1.165, 1.54) is 6.20 Å². The van der Waals surface area contributed by atoms with Gasteiger partial charge < -0.3 is 15.3 Å². The second kappa shape index (κ2) is 11.9. The van der Waals surface area contributed by atoms with Crippen LogP contribution in [0.5, 0.6) is 0 Å². The third-order valence-corrected chi connectivity index (χ3v) is 9.11. The fraction of sp³-hybridized carbons (Fsp3) is 0.233. The smallest absolute Gasteiger partial charge is 0.262 e. The number of para-hydroxylation sites is 1. The Morgan fingerprint density at radius 2 is 1.88 bits per heavy atom. The molecule has 1 aliphatic rings. The lowest BCUT2D eigenvalue weighted by Gasteiger charge is -2.29. The quantitative estimate of drug-likeness (QED) is 0.293. The summed E-state index contributed by atoms with van der Waals surface area (Å²) >= 11 is 0. The molecule has 1 aliphatic heterocycles. The minimum absolute atomic E-state index is 0. The molecule has 2 aromatic carbocycles. The number of aryl methyl sites for hydroxylation is 1. The van der Waals surface area contributed by atoms with Crippen LogP contribution in [-0.4, -0.2) is 62.5 Å². The van der Waals surface area contributed by atoms with Gasteiger partial charge in [-0.1, -0.05) is 35.0 Å². The summed E-state index contributed by atoms with van der Waals surface area (Å²) in [6.07, 6.45) is 6.49. The highest BCUT2D eigenvalue weighted by molar-refractivity contribution is 7.81. The minimum Gasteiger partial charge on any atom is -0.412 e. The fourth-order valence-corrected chi connectivity index (χ4v) is 6.59. The van der Waals surface area contributed by atoms with E-state index in [1.54, 1.807) is 27.7 Å². The summed E-state index contributed by atoms with van der Waals surface area (Å²) < 4.78 is 24.0. The van der Waals surface area contributed by atoms with Gasteiger partial charge in [0.25, 0.3) is 5.91 Å². The molecule has 43 heavy (non-hydrogen) atoms. The van der Waals surface area contributed by atoms with Crippen LogP contribution >= 0.6 is 0 Å². The Balaban J connectivity index is 0.00000329. The number of carbonyl (C=O) groups excluding carboxylic acids is 1. The van der Waals surface area contributed by atoms with Crippen molar-refractivity contribution in [1.29, 1.82) is 0 Å². The Bertz CT molecular complexity index is 1920. The molecule has 0 bridgehead atoms. The SMILES string of the molecule is Cc1ccc(-n2nc(C3CCN(S(=O)Cc4noc5ccccc45)CC3)cc2NC(=O)c2cnn3cccnc23)cc1.O. The van der Waals surface area contributed by atoms with Crippen molar-refractivity contribution in [2.24, 2.45) is 0 Å². The lowest BCUT2D eigenvalue weighted by atomic mass is 9.95. The van der Waals surface area contributed by atoms with Crippen LogP contribution in [-0.2, 0) is 16.7 Å². The molecule has 1 atom stereocenters. The number of benzene rings is 2. The number of nitrogens with one attached hydrogen (secondary N) is 1. The van der Waals surface area contributed by atoms with Gasteiger partial charge in [-0.2, -0.15) is 10.2 Å². The van der Waals surface area contributed by atoms with Crippen LogP contribution in [0.25, 0.3) is 22.3 Å². The Kier molecular flexibility index (Phi) is 7.84. The summed E-state index contributed by atoms with van der Waals surface area (Å²) in [7, 11) is -1.22. The van der Waals surface area contributed by atoms with Crippen molar-refractivity contribution >= 4 is 39.3 Å². The number of fused-ring (bicyclic) bond motifs is 2. The van der Waals surface area contributed by atoms with Crippen molar-refractivity contribution in [3.8, 4) is 5.69 Å². The highest BCUT2D eigenvalue weighted by Crippen LogP contribution is 2.32. The number of aromatic nitrogens is 6. The van der Waals surface area contributed by atoms with Crippen LogP contribution in [0.2, 0.25) is 0 Å². The molecular formula is C30H30N8O4S. The van der Waals surface area contributed by atoms with Gasteiger partial charge in [-0.3, -0.25) is 4.79 Å². The zero-order valence-electron chi connectivity index (χ0n) is 23.4. The Labute approximate surface area is 249 Å². The zero-order valence-corrected chi connectivity index (χ0v) is 24.2. The molecule has 220 valence electrons. The van der Waals surface area contributed by atoms with Crippen LogP contribution < -0.4 is 5.32 Å². The Morgan fingerprint density at radius 1 is 1.09 bits per heavy atom. The van der Waals surface area contributed by atoms with Gasteiger partial charge in [0.1, 0.15) is 28.1 Å². The maximum atomic E-state index is 13.3. The summed E-state index contributed by atoms with van der Waals surface area (Å²) in [5.41, 5.74) is 5.14. The predicted molar refractivity (Wildman–Crippen MR) is 162 cm³/mol. The molecule has 4 aromatic heterocycles. The highest BCUT2D eigenvalue weighted by Gasteiger charge is 2.28. The maximum Gasteiger partial charge on any atom is 0.262 e. The molecule has 7 rings (SSSR count). The molecule has 5 heterocycles. The number of hydrogen-bond acceptors (Lipinski definition) is 7. The second-order valence-electron chi connectivity index (χ2n) is 10.4. The monoisotopic (exact) mass is 598 g/mol. The van der Waals surface area contributed by atoms with E-state index in [9.17, 15) is 9.00 Å². The largest absolute Gasteiger partial charge is 0.412 e. The molecule has 0 saturated carbocycles. The molecular weight excluding hydrogens is 568 g/mol. The minimum atomic E-state index is -1.22. The van der Waals surface area contributed by atoms with E-state index in [4.69, 9.17) is 9.62 Å². The average Bonchev–Trinajstić information content (AvgIpc) is 3.75. The first-order valence-corrected chi connectivity index (χ1v) is 15.0. The van der Waals surface area contributed by atoms with Gasteiger partial charge in [0.2, 0.25) is 0 Å². The predicted octanol–water partition coefficient (Wildman–Crippen LogP) is 3.84. The van der Waals surface area contributed by atoms with Crippen LogP contribution in [0.3, 0.4) is 0 Å². The standard InChI is InChI=1S/C30H28N8O3S.H2O/c1-20-7-9-22(10-8-20)38-28(33-30(39)24-18-32-37-14-4-13-31-29(24)37)17-25(34-38)21-11-15-36(16-12-21)42(40)19-26-23-5-2-3-6-27(23)41-35-26;/h2-10,13-14,17-18,21H,11-12,15-16,19H2,1H3,(H,33,39);1H2. The van der Waals surface area contributed by atoms with Crippen LogP contribution in [0.1, 0.15) is 46.1 Å². The van der Waals surface area contributed by atoms with E-state index < -0.39 is 11.0 Å². The van der Waals surface area contributed by atoms with E-state index >= 15 is 0 Å². The average molecular weight is 599 g/mol.